The summed E-state index contributed by atoms with van der Waals surface area (Å²) < 4.78 is 10.4. The van der Waals surface area contributed by atoms with E-state index in [1.165, 1.54) is 12.8 Å². The van der Waals surface area contributed by atoms with Crippen molar-refractivity contribution in [3.05, 3.63) is 0 Å². The molecule has 2 heterocycles. The Labute approximate surface area is 139 Å². The molecule has 1 amide bonds. The van der Waals surface area contributed by atoms with Gasteiger partial charge in [-0.25, -0.2) is 4.79 Å². The molecule has 6 heteroatoms. The summed E-state index contributed by atoms with van der Waals surface area (Å²) in [5.41, 5.74) is -0.541. The molecule has 1 saturated carbocycles. The van der Waals surface area contributed by atoms with Crippen LogP contribution in [-0.4, -0.2) is 66.7 Å². The van der Waals surface area contributed by atoms with Gasteiger partial charge in [0.1, 0.15) is 5.60 Å². The first-order chi connectivity index (χ1) is 10.7. The van der Waals surface area contributed by atoms with Crippen molar-refractivity contribution in [3.8, 4) is 0 Å². The number of amides is 1. The fraction of sp³-hybridized carbons (Fsp3) is 0.941. The van der Waals surface area contributed by atoms with Gasteiger partial charge < -0.3 is 19.9 Å². The normalized spacial score (nSPS) is 29.3. The zero-order valence-electron chi connectivity index (χ0n) is 14.9. The number of methoxy groups -OCH3 is 1. The Balaban J connectivity index is 1.95. The lowest BCUT2D eigenvalue weighted by atomic mass is 9.70. The first-order valence-electron chi connectivity index (χ1n) is 8.63. The van der Waals surface area contributed by atoms with Crippen molar-refractivity contribution < 1.29 is 19.4 Å². The molecule has 3 aliphatic rings. The molecule has 2 N–H and O–H groups in total. The van der Waals surface area contributed by atoms with E-state index < -0.39 is 11.7 Å². The van der Waals surface area contributed by atoms with Crippen molar-refractivity contribution in [2.24, 2.45) is 5.92 Å². The second-order valence-electron chi connectivity index (χ2n) is 8.04. The van der Waals surface area contributed by atoms with Crippen LogP contribution in [0.15, 0.2) is 0 Å². The lowest BCUT2D eigenvalue weighted by Crippen LogP contribution is -2.64. The molecule has 3 rings (SSSR count). The number of carbonyl (C=O) groups is 1. The molecule has 3 fully saturated rings. The van der Waals surface area contributed by atoms with Crippen LogP contribution in [0.4, 0.5) is 4.79 Å². The molecule has 6 nitrogen and oxygen atoms in total. The number of hydrogen-bond acceptors (Lipinski definition) is 5. The standard InChI is InChI=1S/C17H32N2O4/c1-16(2,3)23-15(21)18-12-17-7-5-13(6-8-17)9-19(17)10-14(20)11-22-4/h13-14,20H,5-12H2,1-4H3,(H,18,21)/t13?,14-,17?/m1/s1. The Bertz CT molecular complexity index is 400. The van der Waals surface area contributed by atoms with Crippen molar-refractivity contribution in [3.63, 3.8) is 0 Å². The Morgan fingerprint density at radius 1 is 1.39 bits per heavy atom. The summed E-state index contributed by atoms with van der Waals surface area (Å²) >= 11 is 0. The van der Waals surface area contributed by atoms with E-state index in [1.807, 2.05) is 20.8 Å². The second-order valence-corrected chi connectivity index (χ2v) is 8.04. The van der Waals surface area contributed by atoms with Crippen LogP contribution in [0.3, 0.4) is 0 Å². The van der Waals surface area contributed by atoms with E-state index in [4.69, 9.17) is 9.47 Å². The van der Waals surface area contributed by atoms with Crippen LogP contribution in [0.2, 0.25) is 0 Å². The van der Waals surface area contributed by atoms with Gasteiger partial charge in [0.15, 0.2) is 0 Å². The molecule has 0 aromatic carbocycles. The highest BCUT2D eigenvalue weighted by Crippen LogP contribution is 2.42. The molecule has 134 valence electrons. The van der Waals surface area contributed by atoms with Gasteiger partial charge in [0.05, 0.1) is 12.7 Å². The van der Waals surface area contributed by atoms with Crippen LogP contribution in [0.5, 0.6) is 0 Å². The van der Waals surface area contributed by atoms with Crippen LogP contribution in [-0.2, 0) is 9.47 Å². The maximum atomic E-state index is 12.0. The number of carbonyl (C=O) groups excluding carboxylic acids is 1. The predicted molar refractivity (Wildman–Crippen MR) is 88.4 cm³/mol. The number of β-amino-alcohol motifs (C(OH)–C–C–N with tert-alkyl or cyclic N) is 1. The lowest BCUT2D eigenvalue weighted by molar-refractivity contribution is -0.0661. The summed E-state index contributed by atoms with van der Waals surface area (Å²) in [5, 5.41) is 13.0. The van der Waals surface area contributed by atoms with Gasteiger partial charge in [-0.15, -0.1) is 0 Å². The Morgan fingerprint density at radius 3 is 2.61 bits per heavy atom. The molecule has 2 bridgehead atoms. The average molecular weight is 328 g/mol. The van der Waals surface area contributed by atoms with Crippen LogP contribution < -0.4 is 5.32 Å². The Hall–Kier alpha value is -0.850. The minimum atomic E-state index is -0.488. The molecule has 0 spiro atoms. The van der Waals surface area contributed by atoms with Gasteiger partial charge >= 0.3 is 6.09 Å². The monoisotopic (exact) mass is 328 g/mol. The SMILES string of the molecule is COC[C@H](O)CN1CC2CCC1(CNC(=O)OC(C)(C)C)CC2. The summed E-state index contributed by atoms with van der Waals surface area (Å²) in [6, 6.07) is 0. The summed E-state index contributed by atoms with van der Waals surface area (Å²) in [4.78, 5) is 14.3. The number of alkyl carbamates (subject to hydrolysis) is 1. The molecule has 2 saturated heterocycles. The Morgan fingerprint density at radius 2 is 2.04 bits per heavy atom. The van der Waals surface area contributed by atoms with Crippen LogP contribution >= 0.6 is 0 Å². The quantitative estimate of drug-likeness (QED) is 0.777. The number of nitrogens with zero attached hydrogens (tertiary/aromatic N) is 1. The van der Waals surface area contributed by atoms with Gasteiger partial charge in [0, 0.05) is 32.3 Å². The van der Waals surface area contributed by atoms with E-state index in [-0.39, 0.29) is 11.6 Å². The lowest BCUT2D eigenvalue weighted by Gasteiger charge is -2.55. The number of fused-ring (bicyclic) bond motifs is 3. The first kappa shape index (κ1) is 18.5. The summed E-state index contributed by atoms with van der Waals surface area (Å²) in [7, 11) is 1.60. The molecule has 1 aliphatic carbocycles. The largest absolute Gasteiger partial charge is 0.444 e. The number of hydrogen-bond donors (Lipinski definition) is 2. The molecule has 0 aromatic rings. The van der Waals surface area contributed by atoms with Crippen LogP contribution in [0.25, 0.3) is 0 Å². The van der Waals surface area contributed by atoms with Gasteiger partial charge in [0.2, 0.25) is 0 Å². The van der Waals surface area contributed by atoms with Crippen molar-refractivity contribution in [2.45, 2.75) is 63.7 Å². The highest BCUT2D eigenvalue weighted by Gasteiger charge is 2.46. The van der Waals surface area contributed by atoms with Crippen LogP contribution in [0.1, 0.15) is 46.5 Å². The number of piperidine rings is 2. The second kappa shape index (κ2) is 7.36. The third kappa shape index (κ3) is 5.06. The molecule has 0 aromatic heterocycles. The first-order valence-corrected chi connectivity index (χ1v) is 8.63. The molecule has 2 aliphatic heterocycles. The molecule has 0 unspecified atom stereocenters. The van der Waals surface area contributed by atoms with Gasteiger partial charge in [-0.1, -0.05) is 0 Å². The molecule has 23 heavy (non-hydrogen) atoms. The number of ether oxygens (including phenoxy) is 2. The zero-order chi connectivity index (χ0) is 17.1. The van der Waals surface area contributed by atoms with Crippen molar-refractivity contribution >= 4 is 6.09 Å². The number of rotatable bonds is 6. The van der Waals surface area contributed by atoms with Gasteiger partial charge in [0.25, 0.3) is 0 Å². The smallest absolute Gasteiger partial charge is 0.407 e. The fourth-order valence-electron chi connectivity index (χ4n) is 3.83. The van der Waals surface area contributed by atoms with E-state index >= 15 is 0 Å². The van der Waals surface area contributed by atoms with Gasteiger partial charge in [-0.2, -0.15) is 0 Å². The molecular weight excluding hydrogens is 296 g/mol. The van der Waals surface area contributed by atoms with Crippen molar-refractivity contribution in [1.29, 1.82) is 0 Å². The molecule has 1 atom stereocenters. The number of nitrogens with one attached hydrogen (secondary N) is 1. The van der Waals surface area contributed by atoms with E-state index in [2.05, 4.69) is 10.2 Å². The molecule has 0 radical (unpaired) electrons. The summed E-state index contributed by atoms with van der Waals surface area (Å²) in [6.07, 6.45) is 3.68. The predicted octanol–water partition coefficient (Wildman–Crippen LogP) is 1.76. The summed E-state index contributed by atoms with van der Waals surface area (Å²) in [5.74, 6) is 0.716. The highest BCUT2D eigenvalue weighted by atomic mass is 16.6. The third-order valence-corrected chi connectivity index (χ3v) is 4.94. The number of aliphatic hydroxyl groups excluding tert-OH is 1. The van der Waals surface area contributed by atoms with E-state index in [0.29, 0.717) is 25.6 Å². The van der Waals surface area contributed by atoms with E-state index in [1.54, 1.807) is 7.11 Å². The van der Waals surface area contributed by atoms with Crippen molar-refractivity contribution in [2.75, 3.05) is 33.4 Å². The highest BCUT2D eigenvalue weighted by molar-refractivity contribution is 5.67. The maximum absolute atomic E-state index is 12.0. The topological polar surface area (TPSA) is 71.0 Å². The fourth-order valence-corrected chi connectivity index (χ4v) is 3.83. The Kier molecular flexibility index (Phi) is 5.92. The maximum Gasteiger partial charge on any atom is 0.407 e. The van der Waals surface area contributed by atoms with Gasteiger partial charge in [-0.05, 0) is 52.4 Å². The van der Waals surface area contributed by atoms with Crippen LogP contribution in [0, 0.1) is 5.92 Å². The number of aliphatic hydroxyl groups is 1. The summed E-state index contributed by atoms with van der Waals surface area (Å²) in [6.45, 7) is 8.11. The van der Waals surface area contributed by atoms with Gasteiger partial charge in [-0.3, -0.25) is 4.90 Å². The average Bonchev–Trinajstić information content (AvgIpc) is 2.45. The minimum Gasteiger partial charge on any atom is -0.444 e. The van der Waals surface area contributed by atoms with E-state index in [0.717, 1.165) is 19.4 Å². The third-order valence-electron chi connectivity index (χ3n) is 4.94. The minimum absolute atomic E-state index is 0.0552. The molecular formula is C17H32N2O4. The van der Waals surface area contributed by atoms with Crippen molar-refractivity contribution in [1.82, 2.24) is 10.2 Å². The zero-order valence-corrected chi connectivity index (χ0v) is 14.9. The van der Waals surface area contributed by atoms with E-state index in [9.17, 15) is 9.90 Å².